The van der Waals surface area contributed by atoms with Gasteiger partial charge in [-0.3, -0.25) is 14.8 Å². The highest BCUT2D eigenvalue weighted by Crippen LogP contribution is 2.23. The number of hydrogen-bond acceptors (Lipinski definition) is 5. The Balaban J connectivity index is 1.36. The van der Waals surface area contributed by atoms with Crippen LogP contribution < -0.4 is 15.4 Å². The van der Waals surface area contributed by atoms with E-state index in [0.717, 1.165) is 35.7 Å². The zero-order valence-electron chi connectivity index (χ0n) is 17.2. The van der Waals surface area contributed by atoms with Crippen molar-refractivity contribution in [1.82, 2.24) is 15.6 Å². The molecule has 3 aromatic rings. The molecule has 0 spiro atoms. The Morgan fingerprint density at radius 3 is 2.87 bits per heavy atom. The van der Waals surface area contributed by atoms with Crippen LogP contribution in [0.4, 0.5) is 4.39 Å². The summed E-state index contributed by atoms with van der Waals surface area (Å²) in [6.07, 6.45) is 2.29. The number of rotatable bonds is 7. The summed E-state index contributed by atoms with van der Waals surface area (Å²) in [6.45, 7) is 3.78. The third-order valence-electron chi connectivity index (χ3n) is 4.85. The molecule has 2 heterocycles. The van der Waals surface area contributed by atoms with Gasteiger partial charge in [0.25, 0.3) is 5.91 Å². The molecule has 2 aromatic carbocycles. The van der Waals surface area contributed by atoms with Gasteiger partial charge in [0.05, 0.1) is 12.1 Å². The van der Waals surface area contributed by atoms with E-state index < -0.39 is 11.7 Å². The number of pyridine rings is 1. The topological polar surface area (TPSA) is 75.6 Å². The zero-order valence-corrected chi connectivity index (χ0v) is 17.2. The number of ether oxygens (including phenoxy) is 1. The first kappa shape index (κ1) is 20.5. The first-order valence-electron chi connectivity index (χ1n) is 10.1. The molecule has 0 saturated heterocycles. The molecule has 7 heteroatoms. The Kier molecular flexibility index (Phi) is 6.21. The van der Waals surface area contributed by atoms with Crippen LogP contribution >= 0.6 is 0 Å². The van der Waals surface area contributed by atoms with Crippen LogP contribution in [0.3, 0.4) is 0 Å². The number of aromatic nitrogens is 1. The fourth-order valence-electron chi connectivity index (χ4n) is 3.30. The van der Waals surface area contributed by atoms with Crippen LogP contribution in [0.2, 0.25) is 0 Å². The molecule has 1 aliphatic rings. The standard InChI is InChI=1S/C24H23FN4O2/c1-16-5-6-21(25)20(13-16)24(30)29-9-7-17-3-2-4-18(14-17)31-19-8-10-26-22(15-19)23-27-11-12-28-23/h2-6,8,10,13-15H,7,9,11-12H2,1H3,(H,27,28)(H,29,30). The number of carbonyl (C=O) groups is 1. The van der Waals surface area contributed by atoms with Gasteiger partial charge in [0.15, 0.2) is 0 Å². The number of carbonyl (C=O) groups excluding carboxylic acids is 1. The van der Waals surface area contributed by atoms with Crippen LogP contribution in [0.5, 0.6) is 11.5 Å². The molecule has 4 rings (SSSR count). The smallest absolute Gasteiger partial charge is 0.254 e. The van der Waals surface area contributed by atoms with E-state index in [0.29, 0.717) is 24.5 Å². The molecule has 1 amide bonds. The van der Waals surface area contributed by atoms with Gasteiger partial charge < -0.3 is 15.4 Å². The summed E-state index contributed by atoms with van der Waals surface area (Å²) < 4.78 is 19.8. The Labute approximate surface area is 180 Å². The summed E-state index contributed by atoms with van der Waals surface area (Å²) in [5.74, 6) is 1.20. The van der Waals surface area contributed by atoms with Gasteiger partial charge in [0.2, 0.25) is 0 Å². The van der Waals surface area contributed by atoms with Crippen LogP contribution in [0.25, 0.3) is 0 Å². The number of hydrogen-bond donors (Lipinski definition) is 2. The van der Waals surface area contributed by atoms with E-state index in [-0.39, 0.29) is 5.56 Å². The molecule has 31 heavy (non-hydrogen) atoms. The maximum Gasteiger partial charge on any atom is 0.254 e. The predicted molar refractivity (Wildman–Crippen MR) is 117 cm³/mol. The van der Waals surface area contributed by atoms with Crippen molar-refractivity contribution in [1.29, 1.82) is 0 Å². The third kappa shape index (κ3) is 5.25. The molecule has 0 atom stereocenters. The lowest BCUT2D eigenvalue weighted by Crippen LogP contribution is -2.26. The Bertz CT molecular complexity index is 1130. The molecule has 0 fully saturated rings. The van der Waals surface area contributed by atoms with Gasteiger partial charge in [-0.05, 0) is 49.2 Å². The largest absolute Gasteiger partial charge is 0.457 e. The van der Waals surface area contributed by atoms with Crippen LogP contribution in [0, 0.1) is 12.7 Å². The van der Waals surface area contributed by atoms with Gasteiger partial charge in [-0.25, -0.2) is 4.39 Å². The number of benzene rings is 2. The predicted octanol–water partition coefficient (Wildman–Crippen LogP) is 3.64. The van der Waals surface area contributed by atoms with Crippen molar-refractivity contribution >= 4 is 11.7 Å². The molecule has 0 saturated carbocycles. The summed E-state index contributed by atoms with van der Waals surface area (Å²) in [5.41, 5.74) is 2.65. The van der Waals surface area contributed by atoms with Gasteiger partial charge in [0, 0.05) is 25.4 Å². The molecule has 2 N–H and O–H groups in total. The van der Waals surface area contributed by atoms with E-state index in [1.54, 1.807) is 24.4 Å². The summed E-state index contributed by atoms with van der Waals surface area (Å²) >= 11 is 0. The summed E-state index contributed by atoms with van der Waals surface area (Å²) in [6, 6.07) is 15.8. The fourth-order valence-corrected chi connectivity index (χ4v) is 3.30. The number of aliphatic imine (C=N–C) groups is 1. The highest BCUT2D eigenvalue weighted by Gasteiger charge is 2.12. The van der Waals surface area contributed by atoms with Crippen LogP contribution in [0.1, 0.15) is 27.2 Å². The highest BCUT2D eigenvalue weighted by atomic mass is 19.1. The Hall–Kier alpha value is -3.74. The van der Waals surface area contributed by atoms with Crippen molar-refractivity contribution in [3.63, 3.8) is 0 Å². The molecular weight excluding hydrogens is 395 g/mol. The molecule has 0 aliphatic carbocycles. The average molecular weight is 418 g/mol. The maximum absolute atomic E-state index is 13.9. The number of nitrogens with zero attached hydrogens (tertiary/aromatic N) is 2. The van der Waals surface area contributed by atoms with Crippen molar-refractivity contribution in [3.05, 3.63) is 89.0 Å². The van der Waals surface area contributed by atoms with Crippen molar-refractivity contribution < 1.29 is 13.9 Å². The second-order valence-electron chi connectivity index (χ2n) is 7.27. The molecule has 1 aromatic heterocycles. The van der Waals surface area contributed by atoms with E-state index in [2.05, 4.69) is 20.6 Å². The first-order chi connectivity index (χ1) is 15.1. The molecule has 0 unspecified atom stereocenters. The van der Waals surface area contributed by atoms with Crippen LogP contribution in [0.15, 0.2) is 65.8 Å². The maximum atomic E-state index is 13.9. The lowest BCUT2D eigenvalue weighted by atomic mass is 10.1. The summed E-state index contributed by atoms with van der Waals surface area (Å²) in [4.78, 5) is 21.0. The second-order valence-corrected chi connectivity index (χ2v) is 7.27. The quantitative estimate of drug-likeness (QED) is 0.614. The minimum absolute atomic E-state index is 0.0620. The first-order valence-corrected chi connectivity index (χ1v) is 10.1. The fraction of sp³-hybridized carbons (Fsp3) is 0.208. The zero-order chi connectivity index (χ0) is 21.6. The number of amidine groups is 1. The molecule has 0 radical (unpaired) electrons. The minimum Gasteiger partial charge on any atom is -0.457 e. The van der Waals surface area contributed by atoms with Crippen molar-refractivity contribution in [2.45, 2.75) is 13.3 Å². The van der Waals surface area contributed by atoms with E-state index >= 15 is 0 Å². The molecule has 0 bridgehead atoms. The molecular formula is C24H23FN4O2. The van der Waals surface area contributed by atoms with Gasteiger partial charge in [-0.1, -0.05) is 23.8 Å². The van der Waals surface area contributed by atoms with Gasteiger partial charge >= 0.3 is 0 Å². The van der Waals surface area contributed by atoms with Crippen molar-refractivity contribution in [2.75, 3.05) is 19.6 Å². The normalized spacial score (nSPS) is 12.8. The lowest BCUT2D eigenvalue weighted by Gasteiger charge is -2.10. The monoisotopic (exact) mass is 418 g/mol. The molecule has 1 aliphatic heterocycles. The number of nitrogens with one attached hydrogen (secondary N) is 2. The van der Waals surface area contributed by atoms with E-state index in [1.165, 1.54) is 6.07 Å². The Morgan fingerprint density at radius 2 is 2.03 bits per heavy atom. The van der Waals surface area contributed by atoms with Crippen LogP contribution in [-0.4, -0.2) is 36.4 Å². The average Bonchev–Trinajstić information content (AvgIpc) is 3.31. The highest BCUT2D eigenvalue weighted by molar-refractivity contribution is 5.98. The molecule has 6 nitrogen and oxygen atoms in total. The van der Waals surface area contributed by atoms with Gasteiger partial charge in [-0.15, -0.1) is 0 Å². The third-order valence-corrected chi connectivity index (χ3v) is 4.85. The lowest BCUT2D eigenvalue weighted by molar-refractivity contribution is 0.0950. The summed E-state index contributed by atoms with van der Waals surface area (Å²) in [5, 5.41) is 5.97. The molecule has 158 valence electrons. The van der Waals surface area contributed by atoms with Gasteiger partial charge in [-0.2, -0.15) is 0 Å². The van der Waals surface area contributed by atoms with Crippen LogP contribution in [-0.2, 0) is 6.42 Å². The van der Waals surface area contributed by atoms with E-state index in [9.17, 15) is 9.18 Å². The van der Waals surface area contributed by atoms with Crippen molar-refractivity contribution in [2.24, 2.45) is 4.99 Å². The minimum atomic E-state index is -0.519. The number of halogens is 1. The Morgan fingerprint density at radius 1 is 1.16 bits per heavy atom. The van der Waals surface area contributed by atoms with E-state index in [1.807, 2.05) is 37.3 Å². The SMILES string of the molecule is Cc1ccc(F)c(C(=O)NCCc2cccc(Oc3ccnc(C4=NCCN4)c3)c2)c1. The van der Waals surface area contributed by atoms with E-state index in [4.69, 9.17) is 4.74 Å². The summed E-state index contributed by atoms with van der Waals surface area (Å²) in [7, 11) is 0. The number of amides is 1. The second kappa shape index (κ2) is 9.38. The van der Waals surface area contributed by atoms with Crippen molar-refractivity contribution in [3.8, 4) is 11.5 Å². The number of aryl methyl sites for hydroxylation is 1. The van der Waals surface area contributed by atoms with Gasteiger partial charge in [0.1, 0.15) is 28.8 Å².